The van der Waals surface area contributed by atoms with Crippen molar-refractivity contribution < 1.29 is 5.11 Å². The van der Waals surface area contributed by atoms with Gasteiger partial charge in [-0.05, 0) is 6.42 Å². The summed E-state index contributed by atoms with van der Waals surface area (Å²) < 4.78 is 2.58. The Morgan fingerprint density at radius 2 is 1.89 bits per heavy atom. The number of nitrogens with zero attached hydrogens (tertiary/aromatic N) is 3. The Bertz CT molecular complexity index is 582. The Morgan fingerprint density at radius 3 is 2.47 bits per heavy atom. The van der Waals surface area contributed by atoms with Crippen molar-refractivity contribution in [3.05, 3.63) is 32.6 Å². The van der Waals surface area contributed by atoms with Crippen LogP contribution in [0.5, 0.6) is 0 Å². The lowest BCUT2D eigenvalue weighted by Crippen LogP contribution is -2.61. The lowest BCUT2D eigenvalue weighted by molar-refractivity contribution is -0.107. The van der Waals surface area contributed by atoms with Gasteiger partial charge >= 0.3 is 5.69 Å². The Labute approximate surface area is 111 Å². The highest BCUT2D eigenvalue weighted by Gasteiger charge is 2.40. The van der Waals surface area contributed by atoms with Gasteiger partial charge in [-0.2, -0.15) is 0 Å². The Balaban J connectivity index is 2.11. The summed E-state index contributed by atoms with van der Waals surface area (Å²) in [6.45, 7) is 3.77. The summed E-state index contributed by atoms with van der Waals surface area (Å²) in [4.78, 5) is 25.4. The first-order chi connectivity index (χ1) is 8.86. The van der Waals surface area contributed by atoms with Crippen LogP contribution in [0.4, 0.5) is 0 Å². The minimum Gasteiger partial charge on any atom is -0.387 e. The fraction of sp³-hybridized carbons (Fsp3) is 0.692. The molecule has 6 nitrogen and oxygen atoms in total. The maximum Gasteiger partial charge on any atom is 0.330 e. The van der Waals surface area contributed by atoms with Gasteiger partial charge in [0, 0.05) is 45.5 Å². The molecule has 0 bridgehead atoms. The molecule has 1 aliphatic heterocycles. The van der Waals surface area contributed by atoms with Gasteiger partial charge in [0.2, 0.25) is 0 Å². The smallest absolute Gasteiger partial charge is 0.330 e. The molecular weight excluding hydrogens is 246 g/mol. The molecule has 2 heterocycles. The van der Waals surface area contributed by atoms with E-state index in [2.05, 4.69) is 0 Å². The van der Waals surface area contributed by atoms with Crippen LogP contribution in [0.15, 0.2) is 15.7 Å². The van der Waals surface area contributed by atoms with Crippen molar-refractivity contribution in [3.63, 3.8) is 0 Å². The van der Waals surface area contributed by atoms with Crippen LogP contribution in [0.25, 0.3) is 0 Å². The van der Waals surface area contributed by atoms with Gasteiger partial charge in [0.1, 0.15) is 0 Å². The quantitative estimate of drug-likeness (QED) is 0.793. The largest absolute Gasteiger partial charge is 0.387 e. The topological polar surface area (TPSA) is 67.5 Å². The summed E-state index contributed by atoms with van der Waals surface area (Å²) >= 11 is 0. The van der Waals surface area contributed by atoms with Crippen LogP contribution < -0.4 is 11.2 Å². The zero-order valence-electron chi connectivity index (χ0n) is 11.7. The standard InChI is InChI=1S/C13H21N3O3/c1-4-5-13(19)8-16(9-13)7-10-6-11(17)15(3)12(18)14(10)2/h6,19H,4-5,7-9H2,1-3H3. The van der Waals surface area contributed by atoms with Crippen molar-refractivity contribution in [2.75, 3.05) is 13.1 Å². The molecule has 0 aliphatic carbocycles. The first-order valence-corrected chi connectivity index (χ1v) is 6.57. The molecule has 1 fully saturated rings. The minimum atomic E-state index is -0.590. The highest BCUT2D eigenvalue weighted by molar-refractivity contribution is 5.05. The number of likely N-dealkylation sites (tertiary alicyclic amines) is 1. The number of β-amino-alcohol motifs (C(OH)–C–C–N with tert-alkyl or cyclic N) is 1. The molecule has 1 aromatic heterocycles. The predicted molar refractivity (Wildman–Crippen MR) is 72.1 cm³/mol. The monoisotopic (exact) mass is 267 g/mol. The van der Waals surface area contributed by atoms with Gasteiger partial charge in [0.05, 0.1) is 5.60 Å². The molecule has 106 valence electrons. The molecule has 2 rings (SSSR count). The highest BCUT2D eigenvalue weighted by Crippen LogP contribution is 2.26. The third-order valence-electron chi connectivity index (χ3n) is 3.76. The van der Waals surface area contributed by atoms with Crippen LogP contribution in [0.3, 0.4) is 0 Å². The lowest BCUT2D eigenvalue weighted by atomic mass is 9.89. The summed E-state index contributed by atoms with van der Waals surface area (Å²) in [6, 6.07) is 1.48. The third kappa shape index (κ3) is 2.64. The Hall–Kier alpha value is -1.40. The summed E-state index contributed by atoms with van der Waals surface area (Å²) in [6.07, 6.45) is 1.74. The van der Waals surface area contributed by atoms with Gasteiger partial charge in [-0.1, -0.05) is 13.3 Å². The summed E-state index contributed by atoms with van der Waals surface area (Å²) in [5, 5.41) is 10.1. The Kier molecular flexibility index (Phi) is 3.64. The molecule has 0 aromatic carbocycles. The average Bonchev–Trinajstić information content (AvgIpc) is 2.31. The van der Waals surface area contributed by atoms with Gasteiger partial charge in [0.15, 0.2) is 0 Å². The SMILES string of the molecule is CCCC1(O)CN(Cc2cc(=O)n(C)c(=O)n2C)C1. The predicted octanol–water partition coefficient (Wildman–Crippen LogP) is -0.569. The van der Waals surface area contributed by atoms with E-state index in [-0.39, 0.29) is 11.2 Å². The molecule has 1 N–H and O–H groups in total. The van der Waals surface area contributed by atoms with Gasteiger partial charge in [-0.15, -0.1) is 0 Å². The van der Waals surface area contributed by atoms with Crippen molar-refractivity contribution in [1.29, 1.82) is 0 Å². The second kappa shape index (κ2) is 4.94. The van der Waals surface area contributed by atoms with Crippen molar-refractivity contribution in [3.8, 4) is 0 Å². The minimum absolute atomic E-state index is 0.289. The Morgan fingerprint density at radius 1 is 1.26 bits per heavy atom. The maximum atomic E-state index is 11.8. The van der Waals surface area contributed by atoms with Crippen LogP contribution in [-0.2, 0) is 20.6 Å². The van der Waals surface area contributed by atoms with Crippen LogP contribution in [0.2, 0.25) is 0 Å². The molecule has 1 aliphatic rings. The molecule has 0 spiro atoms. The highest BCUT2D eigenvalue weighted by atomic mass is 16.3. The molecule has 0 amide bonds. The third-order valence-corrected chi connectivity index (χ3v) is 3.76. The molecule has 0 saturated carbocycles. The molecule has 1 saturated heterocycles. The summed E-state index contributed by atoms with van der Waals surface area (Å²) in [5.41, 5.74) is -0.506. The van der Waals surface area contributed by atoms with Crippen LogP contribution in [-0.4, -0.2) is 37.8 Å². The summed E-state index contributed by atoms with van der Waals surface area (Å²) in [5.74, 6) is 0. The number of aliphatic hydroxyl groups is 1. The van der Waals surface area contributed by atoms with E-state index in [1.807, 2.05) is 11.8 Å². The van der Waals surface area contributed by atoms with E-state index in [1.54, 1.807) is 7.05 Å². The molecule has 0 radical (unpaired) electrons. The van der Waals surface area contributed by atoms with E-state index in [4.69, 9.17) is 0 Å². The zero-order valence-corrected chi connectivity index (χ0v) is 11.7. The van der Waals surface area contributed by atoms with Gasteiger partial charge in [-0.3, -0.25) is 18.8 Å². The van der Waals surface area contributed by atoms with Crippen LogP contribution >= 0.6 is 0 Å². The second-order valence-electron chi connectivity index (χ2n) is 5.49. The van der Waals surface area contributed by atoms with Crippen LogP contribution in [0.1, 0.15) is 25.5 Å². The normalized spacial score (nSPS) is 18.3. The van der Waals surface area contributed by atoms with E-state index < -0.39 is 5.60 Å². The molecule has 0 atom stereocenters. The molecular formula is C13H21N3O3. The average molecular weight is 267 g/mol. The van der Waals surface area contributed by atoms with Crippen molar-refractivity contribution in [1.82, 2.24) is 14.0 Å². The first-order valence-electron chi connectivity index (χ1n) is 6.57. The second-order valence-corrected chi connectivity index (χ2v) is 5.49. The number of aromatic nitrogens is 2. The van der Waals surface area contributed by atoms with Crippen molar-refractivity contribution in [2.24, 2.45) is 14.1 Å². The molecule has 1 aromatic rings. The number of hydrogen-bond acceptors (Lipinski definition) is 4. The van der Waals surface area contributed by atoms with E-state index >= 15 is 0 Å². The van der Waals surface area contributed by atoms with E-state index in [1.165, 1.54) is 17.7 Å². The fourth-order valence-electron chi connectivity index (χ4n) is 2.68. The van der Waals surface area contributed by atoms with Gasteiger partial charge in [-0.25, -0.2) is 4.79 Å². The number of hydrogen-bond donors (Lipinski definition) is 1. The van der Waals surface area contributed by atoms with E-state index in [0.717, 1.165) is 17.4 Å². The molecule has 19 heavy (non-hydrogen) atoms. The van der Waals surface area contributed by atoms with Gasteiger partial charge < -0.3 is 5.11 Å². The van der Waals surface area contributed by atoms with E-state index in [9.17, 15) is 14.7 Å². The fourth-order valence-corrected chi connectivity index (χ4v) is 2.68. The first kappa shape index (κ1) is 14.0. The van der Waals surface area contributed by atoms with Crippen molar-refractivity contribution in [2.45, 2.75) is 31.9 Å². The number of rotatable bonds is 4. The summed E-state index contributed by atoms with van der Waals surface area (Å²) in [7, 11) is 3.13. The zero-order chi connectivity index (χ0) is 14.2. The van der Waals surface area contributed by atoms with Gasteiger partial charge in [0.25, 0.3) is 5.56 Å². The molecule has 6 heteroatoms. The van der Waals surface area contributed by atoms with Crippen LogP contribution in [0, 0.1) is 0 Å². The molecule has 0 unspecified atom stereocenters. The maximum absolute atomic E-state index is 11.8. The van der Waals surface area contributed by atoms with E-state index in [0.29, 0.717) is 25.3 Å². The lowest BCUT2D eigenvalue weighted by Gasteiger charge is -2.46. The van der Waals surface area contributed by atoms with Crippen molar-refractivity contribution >= 4 is 0 Å².